The molecule has 0 bridgehead atoms. The second-order valence-corrected chi connectivity index (χ2v) is 8.93. The Morgan fingerprint density at radius 1 is 1.29 bits per heavy atom. The number of carbonyl (C=O) groups is 1. The minimum absolute atomic E-state index is 0.208. The van der Waals surface area contributed by atoms with Crippen molar-refractivity contribution in [3.8, 4) is 0 Å². The summed E-state index contributed by atoms with van der Waals surface area (Å²) in [5, 5.41) is 4.32. The molecule has 0 unspecified atom stereocenters. The van der Waals surface area contributed by atoms with Gasteiger partial charge in [-0.05, 0) is 37.0 Å². The second-order valence-electron chi connectivity index (χ2n) is 6.08. The highest BCUT2D eigenvalue weighted by Crippen LogP contribution is 2.27. The third-order valence-electron chi connectivity index (χ3n) is 4.09. The van der Waals surface area contributed by atoms with Crippen LogP contribution in [0.2, 0.25) is 0 Å². The van der Waals surface area contributed by atoms with Crippen LogP contribution in [0.5, 0.6) is 0 Å². The van der Waals surface area contributed by atoms with Crippen molar-refractivity contribution in [1.82, 2.24) is 4.31 Å². The summed E-state index contributed by atoms with van der Waals surface area (Å²) in [6.07, 6.45) is 1.94. The fourth-order valence-corrected chi connectivity index (χ4v) is 5.56. The van der Waals surface area contributed by atoms with Crippen molar-refractivity contribution in [2.24, 2.45) is 5.92 Å². The number of thiophene rings is 1. The Morgan fingerprint density at radius 2 is 2.04 bits per heavy atom. The number of carbonyl (C=O) groups excluding carboxylic acids is 1. The molecule has 3 rings (SSSR count). The summed E-state index contributed by atoms with van der Waals surface area (Å²) in [6, 6.07) is 10.6. The van der Waals surface area contributed by atoms with Crippen molar-refractivity contribution in [3.63, 3.8) is 0 Å². The predicted molar refractivity (Wildman–Crippen MR) is 95.9 cm³/mol. The van der Waals surface area contributed by atoms with E-state index in [1.807, 2.05) is 18.2 Å². The van der Waals surface area contributed by atoms with E-state index in [0.29, 0.717) is 29.6 Å². The summed E-state index contributed by atoms with van der Waals surface area (Å²) >= 11 is 1.15. The molecule has 2 heterocycles. The Balaban J connectivity index is 1.76. The number of benzene rings is 1. The van der Waals surface area contributed by atoms with Gasteiger partial charge in [0.2, 0.25) is 10.0 Å². The van der Waals surface area contributed by atoms with Crippen LogP contribution in [-0.4, -0.2) is 31.7 Å². The number of hydrogen-bond acceptors (Lipinski definition) is 4. The van der Waals surface area contributed by atoms with Crippen molar-refractivity contribution in [3.05, 3.63) is 46.7 Å². The molecule has 1 aliphatic heterocycles. The van der Waals surface area contributed by atoms with Crippen molar-refractivity contribution >= 4 is 33.0 Å². The van der Waals surface area contributed by atoms with Crippen LogP contribution in [0.4, 0.5) is 5.69 Å². The summed E-state index contributed by atoms with van der Waals surface area (Å²) in [5.74, 6) is 0.0765. The van der Waals surface area contributed by atoms with Crippen molar-refractivity contribution in [2.75, 3.05) is 18.4 Å². The number of piperidine rings is 1. The number of sulfonamides is 1. The molecule has 0 spiro atoms. The van der Waals surface area contributed by atoms with E-state index in [1.54, 1.807) is 17.5 Å². The monoisotopic (exact) mass is 364 g/mol. The minimum Gasteiger partial charge on any atom is -0.321 e. The number of anilines is 1. The van der Waals surface area contributed by atoms with Crippen molar-refractivity contribution in [1.29, 1.82) is 0 Å². The molecule has 1 aromatic heterocycles. The van der Waals surface area contributed by atoms with Crippen molar-refractivity contribution < 1.29 is 13.2 Å². The lowest BCUT2D eigenvalue weighted by molar-refractivity contribution is 0.103. The topological polar surface area (TPSA) is 66.5 Å². The van der Waals surface area contributed by atoms with E-state index in [2.05, 4.69) is 12.2 Å². The number of amides is 1. The Hall–Kier alpha value is -1.70. The molecule has 1 saturated heterocycles. The van der Waals surface area contributed by atoms with E-state index < -0.39 is 10.0 Å². The molecule has 1 atom stereocenters. The number of nitrogens with zero attached hydrogens (tertiary/aromatic N) is 1. The van der Waals surface area contributed by atoms with Gasteiger partial charge in [-0.1, -0.05) is 25.1 Å². The largest absolute Gasteiger partial charge is 0.321 e. The van der Waals surface area contributed by atoms with Gasteiger partial charge in [0.15, 0.2) is 0 Å². The summed E-state index contributed by atoms with van der Waals surface area (Å²) in [6.45, 7) is 3.16. The van der Waals surface area contributed by atoms with Crippen LogP contribution in [0.25, 0.3) is 0 Å². The normalized spacial score (nSPS) is 19.1. The van der Waals surface area contributed by atoms with E-state index in [0.717, 1.165) is 24.2 Å². The second kappa shape index (κ2) is 7.04. The van der Waals surface area contributed by atoms with E-state index >= 15 is 0 Å². The fourth-order valence-electron chi connectivity index (χ4n) is 2.80. The lowest BCUT2D eigenvalue weighted by atomic mass is 10.0. The third-order valence-corrected chi connectivity index (χ3v) is 7.01. The molecule has 0 saturated carbocycles. The quantitative estimate of drug-likeness (QED) is 0.904. The first-order chi connectivity index (χ1) is 11.5. The first-order valence-corrected chi connectivity index (χ1v) is 10.2. The maximum absolute atomic E-state index is 12.7. The molecule has 1 fully saturated rings. The number of nitrogens with one attached hydrogen (secondary N) is 1. The average molecular weight is 364 g/mol. The lowest BCUT2D eigenvalue weighted by Crippen LogP contribution is -2.38. The van der Waals surface area contributed by atoms with Crippen LogP contribution >= 0.6 is 11.3 Å². The fraction of sp³-hybridized carbons (Fsp3) is 0.353. The summed E-state index contributed by atoms with van der Waals surface area (Å²) in [7, 11) is -3.52. The van der Waals surface area contributed by atoms with Crippen LogP contribution in [-0.2, 0) is 10.0 Å². The Kier molecular flexibility index (Phi) is 5.03. The van der Waals surface area contributed by atoms with Crippen LogP contribution < -0.4 is 5.32 Å². The summed E-state index contributed by atoms with van der Waals surface area (Å²) < 4.78 is 27.0. The molecule has 1 amide bonds. The van der Waals surface area contributed by atoms with Crippen LogP contribution in [0, 0.1) is 5.92 Å². The maximum Gasteiger partial charge on any atom is 0.265 e. The van der Waals surface area contributed by atoms with Gasteiger partial charge in [-0.25, -0.2) is 8.42 Å². The highest BCUT2D eigenvalue weighted by molar-refractivity contribution is 7.89. The SMILES string of the molecule is C[C@@H]1CCCN(S(=O)(=O)c2csc(C(=O)Nc3ccccc3)c2)C1. The molecule has 2 aromatic rings. The molecular weight excluding hydrogens is 344 g/mol. The van der Waals surface area contributed by atoms with Gasteiger partial charge in [0.05, 0.1) is 9.77 Å². The number of hydrogen-bond donors (Lipinski definition) is 1. The lowest BCUT2D eigenvalue weighted by Gasteiger charge is -2.29. The predicted octanol–water partition coefficient (Wildman–Crippen LogP) is 3.42. The van der Waals surface area contributed by atoms with E-state index in [1.165, 1.54) is 10.4 Å². The zero-order valence-corrected chi connectivity index (χ0v) is 15.1. The molecule has 1 aromatic carbocycles. The molecule has 128 valence electrons. The highest BCUT2D eigenvalue weighted by Gasteiger charge is 2.29. The Bertz CT molecular complexity index is 815. The maximum atomic E-state index is 12.7. The molecular formula is C17H20N2O3S2. The standard InChI is InChI=1S/C17H20N2O3S2/c1-13-6-5-9-19(11-13)24(21,22)15-10-16(23-12-15)17(20)18-14-7-3-2-4-8-14/h2-4,7-8,10,12-13H,5-6,9,11H2,1H3,(H,18,20)/t13-/m1/s1. The molecule has 1 aliphatic rings. The zero-order valence-electron chi connectivity index (χ0n) is 13.4. The molecule has 5 nitrogen and oxygen atoms in total. The first-order valence-electron chi connectivity index (χ1n) is 7.92. The highest BCUT2D eigenvalue weighted by atomic mass is 32.2. The Morgan fingerprint density at radius 3 is 2.75 bits per heavy atom. The number of para-hydroxylation sites is 1. The van der Waals surface area contributed by atoms with E-state index in [-0.39, 0.29) is 10.8 Å². The molecule has 0 aliphatic carbocycles. The van der Waals surface area contributed by atoms with Gasteiger partial charge in [0.1, 0.15) is 0 Å². The van der Waals surface area contributed by atoms with Crippen LogP contribution in [0.1, 0.15) is 29.4 Å². The van der Waals surface area contributed by atoms with Gasteiger partial charge in [-0.2, -0.15) is 4.31 Å². The smallest absolute Gasteiger partial charge is 0.265 e. The van der Waals surface area contributed by atoms with Crippen LogP contribution in [0.15, 0.2) is 46.7 Å². The Labute approximate surface area is 146 Å². The van der Waals surface area contributed by atoms with Gasteiger partial charge in [0.25, 0.3) is 5.91 Å². The van der Waals surface area contributed by atoms with Crippen molar-refractivity contribution in [2.45, 2.75) is 24.7 Å². The molecule has 7 heteroatoms. The van der Waals surface area contributed by atoms with E-state index in [9.17, 15) is 13.2 Å². The molecule has 1 N–H and O–H groups in total. The summed E-state index contributed by atoms with van der Waals surface area (Å²) in [5.41, 5.74) is 0.685. The molecule has 24 heavy (non-hydrogen) atoms. The van der Waals surface area contributed by atoms with Crippen LogP contribution in [0.3, 0.4) is 0 Å². The van der Waals surface area contributed by atoms with Gasteiger partial charge in [-0.3, -0.25) is 4.79 Å². The summed E-state index contributed by atoms with van der Waals surface area (Å²) in [4.78, 5) is 12.9. The van der Waals surface area contributed by atoms with Gasteiger partial charge < -0.3 is 5.32 Å². The zero-order chi connectivity index (χ0) is 17.2. The van der Waals surface area contributed by atoms with E-state index in [4.69, 9.17) is 0 Å². The van der Waals surface area contributed by atoms with Gasteiger partial charge in [0, 0.05) is 24.2 Å². The average Bonchev–Trinajstić information content (AvgIpc) is 3.07. The third kappa shape index (κ3) is 3.68. The minimum atomic E-state index is -3.52. The molecule has 0 radical (unpaired) electrons. The van der Waals surface area contributed by atoms with Gasteiger partial charge in [-0.15, -0.1) is 11.3 Å². The first kappa shape index (κ1) is 17.1. The number of rotatable bonds is 4. The van der Waals surface area contributed by atoms with Gasteiger partial charge >= 0.3 is 0 Å².